The van der Waals surface area contributed by atoms with E-state index in [2.05, 4.69) is 19.2 Å². The van der Waals surface area contributed by atoms with Crippen LogP contribution in [0.2, 0.25) is 0 Å². The molecule has 0 saturated heterocycles. The summed E-state index contributed by atoms with van der Waals surface area (Å²) < 4.78 is 5.64. The Morgan fingerprint density at radius 1 is 1.38 bits per heavy atom. The van der Waals surface area contributed by atoms with Gasteiger partial charge in [-0.2, -0.15) is 0 Å². The Hall–Kier alpha value is -1.55. The minimum absolute atomic E-state index is 0.0407. The molecule has 4 heteroatoms. The van der Waals surface area contributed by atoms with E-state index in [4.69, 9.17) is 4.74 Å². The summed E-state index contributed by atoms with van der Waals surface area (Å²) in [6, 6.07) is 7.82. The molecule has 2 atom stereocenters. The number of carbonyl (C=O) groups is 1. The van der Waals surface area contributed by atoms with Crippen LogP contribution in [0, 0.1) is 5.92 Å². The van der Waals surface area contributed by atoms with Gasteiger partial charge in [-0.1, -0.05) is 32.0 Å². The van der Waals surface area contributed by atoms with Crippen molar-refractivity contribution in [1.29, 1.82) is 0 Å². The van der Waals surface area contributed by atoms with Crippen molar-refractivity contribution in [3.63, 3.8) is 0 Å². The van der Waals surface area contributed by atoms with E-state index in [1.165, 1.54) is 0 Å². The molecule has 0 spiro atoms. The molecule has 0 aromatic heterocycles. The lowest BCUT2D eigenvalue weighted by molar-refractivity contribution is -0.123. The molecule has 0 radical (unpaired) electrons. The molecule has 1 fully saturated rings. The van der Waals surface area contributed by atoms with Gasteiger partial charge in [0.25, 0.3) is 5.91 Å². The largest absolute Gasteiger partial charge is 0.483 e. The molecule has 2 rings (SSSR count). The Kier molecular flexibility index (Phi) is 5.62. The van der Waals surface area contributed by atoms with Gasteiger partial charge in [0.05, 0.1) is 6.10 Å². The van der Waals surface area contributed by atoms with Crippen LogP contribution in [0.25, 0.3) is 0 Å². The molecule has 1 aromatic carbocycles. The molecule has 0 bridgehead atoms. The van der Waals surface area contributed by atoms with Crippen molar-refractivity contribution in [3.05, 3.63) is 29.8 Å². The highest BCUT2D eigenvalue weighted by Gasteiger charge is 2.23. The summed E-state index contributed by atoms with van der Waals surface area (Å²) in [4.78, 5) is 11.8. The zero-order valence-corrected chi connectivity index (χ0v) is 12.8. The summed E-state index contributed by atoms with van der Waals surface area (Å²) in [5, 5.41) is 12.4. The molecule has 2 unspecified atom stereocenters. The summed E-state index contributed by atoms with van der Waals surface area (Å²) >= 11 is 0. The highest BCUT2D eigenvalue weighted by molar-refractivity contribution is 5.77. The normalized spacial score (nSPS) is 21.5. The average Bonchev–Trinajstić information content (AvgIpc) is 2.88. The van der Waals surface area contributed by atoms with E-state index in [0.29, 0.717) is 18.4 Å². The maximum atomic E-state index is 11.8. The lowest BCUT2D eigenvalue weighted by Crippen LogP contribution is -2.32. The predicted molar refractivity (Wildman–Crippen MR) is 82.4 cm³/mol. The molecule has 1 aromatic rings. The van der Waals surface area contributed by atoms with Crippen LogP contribution in [-0.4, -0.2) is 30.3 Å². The van der Waals surface area contributed by atoms with Gasteiger partial charge in [-0.15, -0.1) is 0 Å². The first-order chi connectivity index (χ1) is 10.1. The Bertz CT molecular complexity index is 473. The Morgan fingerprint density at radius 2 is 2.14 bits per heavy atom. The first-order valence-electron chi connectivity index (χ1n) is 7.72. The highest BCUT2D eigenvalue weighted by Crippen LogP contribution is 2.26. The quantitative estimate of drug-likeness (QED) is 0.846. The van der Waals surface area contributed by atoms with Crippen LogP contribution in [0.15, 0.2) is 24.3 Å². The van der Waals surface area contributed by atoms with Crippen LogP contribution in [0.5, 0.6) is 5.75 Å². The monoisotopic (exact) mass is 291 g/mol. The zero-order chi connectivity index (χ0) is 15.2. The number of ether oxygens (including phenoxy) is 1. The third-order valence-corrected chi connectivity index (χ3v) is 4.00. The molecule has 4 nitrogen and oxygen atoms in total. The fourth-order valence-corrected chi connectivity index (χ4v) is 2.78. The van der Waals surface area contributed by atoms with Crippen molar-refractivity contribution in [2.45, 2.75) is 45.1 Å². The topological polar surface area (TPSA) is 58.6 Å². The van der Waals surface area contributed by atoms with Gasteiger partial charge in [0, 0.05) is 6.54 Å². The third-order valence-electron chi connectivity index (χ3n) is 4.00. The van der Waals surface area contributed by atoms with Crippen LogP contribution < -0.4 is 10.1 Å². The fourth-order valence-electron chi connectivity index (χ4n) is 2.78. The molecule has 21 heavy (non-hydrogen) atoms. The van der Waals surface area contributed by atoms with Crippen LogP contribution in [0.1, 0.15) is 44.6 Å². The predicted octanol–water partition coefficient (Wildman–Crippen LogP) is 2.47. The van der Waals surface area contributed by atoms with Gasteiger partial charge < -0.3 is 15.2 Å². The van der Waals surface area contributed by atoms with Crippen molar-refractivity contribution in [2.24, 2.45) is 5.92 Å². The summed E-state index contributed by atoms with van der Waals surface area (Å²) in [5.41, 5.74) is 1.12. The number of aliphatic hydroxyl groups is 1. The summed E-state index contributed by atoms with van der Waals surface area (Å²) in [5.74, 6) is 1.44. The lowest BCUT2D eigenvalue weighted by atomic mass is 10.0. The van der Waals surface area contributed by atoms with Crippen molar-refractivity contribution in [3.8, 4) is 5.75 Å². The smallest absolute Gasteiger partial charge is 0.257 e. The van der Waals surface area contributed by atoms with Gasteiger partial charge in [-0.05, 0) is 42.7 Å². The average molecular weight is 291 g/mol. The number of para-hydroxylation sites is 1. The van der Waals surface area contributed by atoms with Gasteiger partial charge in [0.2, 0.25) is 0 Å². The Labute approximate surface area is 126 Å². The number of aliphatic hydroxyl groups excluding tert-OH is 1. The van der Waals surface area contributed by atoms with Crippen LogP contribution in [-0.2, 0) is 4.79 Å². The standard InChI is InChI=1S/C17H25NO3/c1-12(2)15-5-3-4-6-16(15)21-11-17(20)18-10-13-7-8-14(19)9-13/h3-6,12-14,19H,7-11H2,1-2H3,(H,18,20). The highest BCUT2D eigenvalue weighted by atomic mass is 16.5. The third kappa shape index (κ3) is 4.74. The molecule has 1 aliphatic rings. The Morgan fingerprint density at radius 3 is 2.81 bits per heavy atom. The van der Waals surface area contributed by atoms with Gasteiger partial charge in [0.1, 0.15) is 5.75 Å². The molecule has 0 heterocycles. The van der Waals surface area contributed by atoms with E-state index in [1.807, 2.05) is 24.3 Å². The summed E-state index contributed by atoms with van der Waals surface area (Å²) in [6.07, 6.45) is 2.43. The lowest BCUT2D eigenvalue weighted by Gasteiger charge is -2.14. The van der Waals surface area contributed by atoms with Crippen molar-refractivity contribution < 1.29 is 14.6 Å². The Balaban J connectivity index is 1.76. The molecule has 1 aliphatic carbocycles. The van der Waals surface area contributed by atoms with E-state index in [1.54, 1.807) is 0 Å². The van der Waals surface area contributed by atoms with Gasteiger partial charge in [-0.25, -0.2) is 0 Å². The first kappa shape index (κ1) is 15.8. The van der Waals surface area contributed by atoms with E-state index in [9.17, 15) is 9.90 Å². The van der Waals surface area contributed by atoms with Gasteiger partial charge in [-0.3, -0.25) is 4.79 Å². The number of benzene rings is 1. The van der Waals surface area contributed by atoms with Crippen molar-refractivity contribution >= 4 is 5.91 Å². The number of rotatable bonds is 6. The minimum Gasteiger partial charge on any atom is -0.483 e. The molecular weight excluding hydrogens is 266 g/mol. The first-order valence-corrected chi connectivity index (χ1v) is 7.72. The second-order valence-electron chi connectivity index (χ2n) is 6.12. The van der Waals surface area contributed by atoms with Gasteiger partial charge in [0.15, 0.2) is 6.61 Å². The molecule has 1 amide bonds. The van der Waals surface area contributed by atoms with Crippen molar-refractivity contribution in [2.75, 3.05) is 13.2 Å². The SMILES string of the molecule is CC(C)c1ccccc1OCC(=O)NCC1CCC(O)C1. The second kappa shape index (κ2) is 7.46. The van der Waals surface area contributed by atoms with E-state index in [-0.39, 0.29) is 18.6 Å². The molecule has 116 valence electrons. The molecule has 2 N–H and O–H groups in total. The zero-order valence-electron chi connectivity index (χ0n) is 12.8. The van der Waals surface area contributed by atoms with Crippen LogP contribution in [0.3, 0.4) is 0 Å². The molecular formula is C17H25NO3. The molecule has 0 aliphatic heterocycles. The van der Waals surface area contributed by atoms with Crippen LogP contribution >= 0.6 is 0 Å². The van der Waals surface area contributed by atoms with Crippen LogP contribution in [0.4, 0.5) is 0 Å². The number of nitrogens with one attached hydrogen (secondary N) is 1. The maximum Gasteiger partial charge on any atom is 0.257 e. The second-order valence-corrected chi connectivity index (χ2v) is 6.12. The number of carbonyl (C=O) groups excluding carboxylic acids is 1. The number of amides is 1. The van der Waals surface area contributed by atoms with Crippen molar-refractivity contribution in [1.82, 2.24) is 5.32 Å². The number of hydrogen-bond acceptors (Lipinski definition) is 3. The van der Waals surface area contributed by atoms with E-state index >= 15 is 0 Å². The van der Waals surface area contributed by atoms with Gasteiger partial charge >= 0.3 is 0 Å². The molecule has 1 saturated carbocycles. The summed E-state index contributed by atoms with van der Waals surface area (Å²) in [6.45, 7) is 4.88. The fraction of sp³-hybridized carbons (Fsp3) is 0.588. The van der Waals surface area contributed by atoms with E-state index in [0.717, 1.165) is 30.6 Å². The maximum absolute atomic E-state index is 11.8. The summed E-state index contributed by atoms with van der Waals surface area (Å²) in [7, 11) is 0. The minimum atomic E-state index is -0.193. The van der Waals surface area contributed by atoms with E-state index < -0.39 is 0 Å². The number of hydrogen-bond donors (Lipinski definition) is 2.